The number of amides is 2. The van der Waals surface area contributed by atoms with Crippen LogP contribution in [-0.4, -0.2) is 27.0 Å². The zero-order valence-corrected chi connectivity index (χ0v) is 10.8. The van der Waals surface area contributed by atoms with Crippen molar-refractivity contribution in [2.45, 2.75) is 13.3 Å². The van der Waals surface area contributed by atoms with E-state index in [9.17, 15) is 9.59 Å². The van der Waals surface area contributed by atoms with Gasteiger partial charge in [0, 0.05) is 17.8 Å². The first kappa shape index (κ1) is 13.5. The number of hydrogen-bond acceptors (Lipinski definition) is 5. The Morgan fingerprint density at radius 2 is 1.80 bits per heavy atom. The predicted molar refractivity (Wildman–Crippen MR) is 74.1 cm³/mol. The maximum atomic E-state index is 11.8. The monoisotopic (exact) mass is 274 g/mol. The molecule has 0 aliphatic heterocycles. The first-order chi connectivity index (χ1) is 9.58. The van der Waals surface area contributed by atoms with Gasteiger partial charge >= 0.3 is 0 Å². The zero-order valence-electron chi connectivity index (χ0n) is 10.8. The van der Waals surface area contributed by atoms with Crippen LogP contribution in [0.3, 0.4) is 0 Å². The number of anilines is 3. The molecule has 8 nitrogen and oxygen atoms in total. The summed E-state index contributed by atoms with van der Waals surface area (Å²) >= 11 is 0. The summed E-state index contributed by atoms with van der Waals surface area (Å²) in [6.07, 6.45) is 0.408. The molecule has 5 N–H and O–H groups in total. The Morgan fingerprint density at radius 1 is 1.20 bits per heavy atom. The molecule has 1 aromatic carbocycles. The van der Waals surface area contributed by atoms with E-state index in [1.165, 1.54) is 0 Å². The van der Waals surface area contributed by atoms with Gasteiger partial charge in [-0.05, 0) is 24.3 Å². The molecule has 1 aromatic heterocycles. The molecule has 0 saturated heterocycles. The van der Waals surface area contributed by atoms with Crippen molar-refractivity contribution in [1.82, 2.24) is 15.2 Å². The molecule has 2 amide bonds. The number of carbonyl (C=O) groups excluding carboxylic acids is 2. The molecule has 0 aliphatic carbocycles. The predicted octanol–water partition coefficient (Wildman–Crippen LogP) is 0.988. The Labute approximate surface area is 114 Å². The van der Waals surface area contributed by atoms with Crippen LogP contribution < -0.4 is 16.4 Å². The van der Waals surface area contributed by atoms with Crippen molar-refractivity contribution in [2.24, 2.45) is 0 Å². The highest BCUT2D eigenvalue weighted by Crippen LogP contribution is 2.14. The maximum Gasteiger partial charge on any atom is 0.293 e. The average molecular weight is 274 g/mol. The Balaban J connectivity index is 2.00. The summed E-state index contributed by atoms with van der Waals surface area (Å²) in [4.78, 5) is 26.7. The Bertz CT molecular complexity index is 619. The number of rotatable bonds is 4. The van der Waals surface area contributed by atoms with E-state index in [1.54, 1.807) is 31.2 Å². The molecule has 104 valence electrons. The van der Waals surface area contributed by atoms with E-state index in [1.807, 2.05) is 0 Å². The molecule has 0 bridgehead atoms. The smallest absolute Gasteiger partial charge is 0.293 e. The SMILES string of the molecule is CCC(=O)Nc1ccc(NC(=O)c2nc(N)n[nH]2)cc1. The van der Waals surface area contributed by atoms with Crippen molar-refractivity contribution in [2.75, 3.05) is 16.4 Å². The second kappa shape index (κ2) is 5.83. The van der Waals surface area contributed by atoms with Gasteiger partial charge in [-0.25, -0.2) is 0 Å². The van der Waals surface area contributed by atoms with Gasteiger partial charge in [0.25, 0.3) is 5.91 Å². The van der Waals surface area contributed by atoms with Crippen molar-refractivity contribution in [3.8, 4) is 0 Å². The summed E-state index contributed by atoms with van der Waals surface area (Å²) in [5.74, 6) is -0.475. The van der Waals surface area contributed by atoms with Crippen molar-refractivity contribution in [3.63, 3.8) is 0 Å². The van der Waals surface area contributed by atoms with Crippen LogP contribution in [0.1, 0.15) is 24.0 Å². The van der Waals surface area contributed by atoms with E-state index in [4.69, 9.17) is 5.73 Å². The molecule has 0 radical (unpaired) electrons. The number of nitrogen functional groups attached to an aromatic ring is 1. The number of aromatic nitrogens is 3. The molecule has 0 unspecified atom stereocenters. The molecule has 0 saturated carbocycles. The van der Waals surface area contributed by atoms with Crippen molar-refractivity contribution in [1.29, 1.82) is 0 Å². The molecule has 8 heteroatoms. The van der Waals surface area contributed by atoms with Crippen LogP contribution in [0.4, 0.5) is 17.3 Å². The van der Waals surface area contributed by atoms with Crippen LogP contribution in [0.5, 0.6) is 0 Å². The van der Waals surface area contributed by atoms with E-state index < -0.39 is 5.91 Å². The number of benzene rings is 1. The fourth-order valence-electron chi connectivity index (χ4n) is 1.45. The van der Waals surface area contributed by atoms with Crippen molar-refractivity contribution >= 4 is 29.1 Å². The van der Waals surface area contributed by atoms with Gasteiger partial charge in [-0.2, -0.15) is 4.98 Å². The molecule has 0 fully saturated rings. The second-order valence-corrected chi connectivity index (χ2v) is 3.98. The first-order valence-corrected chi connectivity index (χ1v) is 5.97. The topological polar surface area (TPSA) is 126 Å². The van der Waals surface area contributed by atoms with Gasteiger partial charge in [0.2, 0.25) is 17.7 Å². The number of hydrogen-bond donors (Lipinski definition) is 4. The maximum absolute atomic E-state index is 11.8. The van der Waals surface area contributed by atoms with Crippen LogP contribution in [0, 0.1) is 0 Å². The molecule has 0 atom stereocenters. The standard InChI is InChI=1S/C12H14N6O2/c1-2-9(19)14-7-3-5-8(6-4-7)15-11(20)10-16-12(13)18-17-10/h3-6H,2H2,1H3,(H,14,19)(H,15,20)(H3,13,16,17,18). The molecular formula is C12H14N6O2. The van der Waals surface area contributed by atoms with Gasteiger partial charge < -0.3 is 16.4 Å². The fraction of sp³-hybridized carbons (Fsp3) is 0.167. The highest BCUT2D eigenvalue weighted by molar-refractivity contribution is 6.01. The summed E-state index contributed by atoms with van der Waals surface area (Å²) in [7, 11) is 0. The first-order valence-electron chi connectivity index (χ1n) is 5.97. The van der Waals surface area contributed by atoms with Crippen LogP contribution in [-0.2, 0) is 4.79 Å². The molecule has 0 spiro atoms. The lowest BCUT2D eigenvalue weighted by Gasteiger charge is -2.06. The largest absolute Gasteiger partial charge is 0.366 e. The lowest BCUT2D eigenvalue weighted by Crippen LogP contribution is -2.14. The highest BCUT2D eigenvalue weighted by Gasteiger charge is 2.10. The third-order valence-corrected chi connectivity index (χ3v) is 2.47. The summed E-state index contributed by atoms with van der Waals surface area (Å²) in [5, 5.41) is 11.3. The zero-order chi connectivity index (χ0) is 14.5. The number of aromatic amines is 1. The van der Waals surface area contributed by atoms with E-state index in [0.29, 0.717) is 17.8 Å². The molecule has 0 aliphatic rings. The van der Waals surface area contributed by atoms with E-state index >= 15 is 0 Å². The van der Waals surface area contributed by atoms with Gasteiger partial charge in [-0.1, -0.05) is 6.92 Å². The minimum absolute atomic E-state index is 0.00720. The van der Waals surface area contributed by atoms with Crippen LogP contribution in [0.15, 0.2) is 24.3 Å². The summed E-state index contributed by atoms with van der Waals surface area (Å²) in [6, 6.07) is 6.72. The number of nitrogens with one attached hydrogen (secondary N) is 3. The van der Waals surface area contributed by atoms with E-state index in [-0.39, 0.29) is 17.7 Å². The highest BCUT2D eigenvalue weighted by atomic mass is 16.2. The number of nitrogens with two attached hydrogens (primary N) is 1. The molecule has 2 rings (SSSR count). The summed E-state index contributed by atoms with van der Waals surface area (Å²) in [5.41, 5.74) is 6.55. The lowest BCUT2D eigenvalue weighted by molar-refractivity contribution is -0.115. The summed E-state index contributed by atoms with van der Waals surface area (Å²) < 4.78 is 0. The lowest BCUT2D eigenvalue weighted by atomic mass is 10.2. The van der Waals surface area contributed by atoms with Gasteiger partial charge in [0.1, 0.15) is 0 Å². The van der Waals surface area contributed by atoms with Crippen molar-refractivity contribution < 1.29 is 9.59 Å². The van der Waals surface area contributed by atoms with Crippen molar-refractivity contribution in [3.05, 3.63) is 30.1 Å². The van der Waals surface area contributed by atoms with Gasteiger partial charge in [-0.15, -0.1) is 5.10 Å². The van der Waals surface area contributed by atoms with Gasteiger partial charge in [0.15, 0.2) is 0 Å². The minimum Gasteiger partial charge on any atom is -0.366 e. The normalized spacial score (nSPS) is 10.1. The third kappa shape index (κ3) is 3.31. The Kier molecular flexibility index (Phi) is 3.94. The van der Waals surface area contributed by atoms with E-state index in [2.05, 4.69) is 25.8 Å². The van der Waals surface area contributed by atoms with Gasteiger partial charge in [-0.3, -0.25) is 14.7 Å². The van der Waals surface area contributed by atoms with Crippen LogP contribution >= 0.6 is 0 Å². The Morgan fingerprint density at radius 3 is 2.30 bits per heavy atom. The number of nitrogens with zero attached hydrogens (tertiary/aromatic N) is 2. The second-order valence-electron chi connectivity index (χ2n) is 3.98. The summed E-state index contributed by atoms with van der Waals surface area (Å²) in [6.45, 7) is 1.77. The fourth-order valence-corrected chi connectivity index (χ4v) is 1.45. The molecule has 1 heterocycles. The number of H-pyrrole nitrogens is 1. The minimum atomic E-state index is -0.445. The van der Waals surface area contributed by atoms with E-state index in [0.717, 1.165) is 0 Å². The molecule has 2 aromatic rings. The third-order valence-electron chi connectivity index (χ3n) is 2.47. The molecule has 20 heavy (non-hydrogen) atoms. The van der Waals surface area contributed by atoms with Crippen LogP contribution in [0.25, 0.3) is 0 Å². The quantitative estimate of drug-likeness (QED) is 0.661. The number of carbonyl (C=O) groups is 2. The molecular weight excluding hydrogens is 260 g/mol. The van der Waals surface area contributed by atoms with Crippen LogP contribution in [0.2, 0.25) is 0 Å². The van der Waals surface area contributed by atoms with Gasteiger partial charge in [0.05, 0.1) is 0 Å². The average Bonchev–Trinajstić information content (AvgIpc) is 2.87. The Hall–Kier alpha value is -2.90.